The monoisotopic (exact) mass is 496 g/mol. The molecule has 0 bridgehead atoms. The second kappa shape index (κ2) is 10.4. The zero-order valence-corrected chi connectivity index (χ0v) is 20.0. The minimum atomic E-state index is -1.01. The summed E-state index contributed by atoms with van der Waals surface area (Å²) in [6, 6.07) is 12.2. The van der Waals surface area contributed by atoms with Crippen LogP contribution in [0.2, 0.25) is 0 Å². The maximum absolute atomic E-state index is 14.0. The number of aliphatic hydroxyl groups excluding tert-OH is 1. The van der Waals surface area contributed by atoms with Gasteiger partial charge in [-0.05, 0) is 30.5 Å². The van der Waals surface area contributed by atoms with Gasteiger partial charge in [-0.2, -0.15) is 0 Å². The van der Waals surface area contributed by atoms with E-state index in [0.717, 1.165) is 25.0 Å². The molecule has 1 aromatic heterocycles. The lowest BCUT2D eigenvalue weighted by Gasteiger charge is -2.30. The van der Waals surface area contributed by atoms with Crippen molar-refractivity contribution in [3.63, 3.8) is 0 Å². The minimum absolute atomic E-state index is 0.0984. The lowest BCUT2D eigenvalue weighted by atomic mass is 9.92. The summed E-state index contributed by atoms with van der Waals surface area (Å²) in [5.41, 5.74) is 1.28. The van der Waals surface area contributed by atoms with Gasteiger partial charge >= 0.3 is 5.69 Å². The zero-order chi connectivity index (χ0) is 25.2. The molecule has 190 valence electrons. The van der Waals surface area contributed by atoms with Gasteiger partial charge < -0.3 is 15.3 Å². The Balaban J connectivity index is 1.74. The highest BCUT2D eigenvalue weighted by Gasteiger charge is 2.35. The Morgan fingerprint density at radius 3 is 2.42 bits per heavy atom. The Morgan fingerprint density at radius 1 is 1.00 bits per heavy atom. The summed E-state index contributed by atoms with van der Waals surface area (Å²) in [5.74, 6) is -2.28. The van der Waals surface area contributed by atoms with Crippen molar-refractivity contribution >= 4 is 5.91 Å². The number of hydrogen-bond acceptors (Lipinski definition) is 4. The molecule has 2 aromatic carbocycles. The molecule has 0 radical (unpaired) electrons. The predicted molar refractivity (Wildman–Crippen MR) is 132 cm³/mol. The Kier molecular flexibility index (Phi) is 7.02. The van der Waals surface area contributed by atoms with E-state index in [1.54, 1.807) is 9.47 Å². The van der Waals surface area contributed by atoms with Gasteiger partial charge in [-0.3, -0.25) is 13.9 Å². The normalized spacial score (nSPS) is 20.5. The van der Waals surface area contributed by atoms with Gasteiger partial charge in [0.2, 0.25) is 0 Å². The van der Waals surface area contributed by atoms with Crippen LogP contribution in [0.25, 0.3) is 11.3 Å². The molecule has 3 aromatic rings. The van der Waals surface area contributed by atoms with Crippen LogP contribution in [0.1, 0.15) is 47.8 Å². The highest BCUT2D eigenvalue weighted by Crippen LogP contribution is 2.34. The second-order valence-electron chi connectivity index (χ2n) is 9.51. The van der Waals surface area contributed by atoms with Gasteiger partial charge in [0.25, 0.3) is 5.91 Å². The molecule has 7 nitrogen and oxygen atoms in total. The number of carbonyl (C=O) groups excluding carboxylic acids is 1. The maximum Gasteiger partial charge on any atom is 0.329 e. The number of nitrogens with zero attached hydrogens (tertiary/aromatic N) is 3. The van der Waals surface area contributed by atoms with E-state index in [9.17, 15) is 23.5 Å². The van der Waals surface area contributed by atoms with Crippen molar-refractivity contribution in [1.29, 1.82) is 0 Å². The van der Waals surface area contributed by atoms with Gasteiger partial charge in [0.1, 0.15) is 5.69 Å². The molecule has 1 saturated heterocycles. The SMILES string of the molecule is O=C(c1c(-c2ccccc2)n(C2CCCC[C@H]2O)c(=O)n1Cc1ccc(F)c(F)c1)N1CCNCC1. The highest BCUT2D eigenvalue weighted by atomic mass is 19.2. The van der Waals surface area contributed by atoms with Crippen LogP contribution in [0.4, 0.5) is 8.78 Å². The summed E-state index contributed by atoms with van der Waals surface area (Å²) in [6.45, 7) is 2.16. The van der Waals surface area contributed by atoms with Gasteiger partial charge in [0.05, 0.1) is 24.4 Å². The van der Waals surface area contributed by atoms with Gasteiger partial charge in [0.15, 0.2) is 11.6 Å². The molecule has 1 aliphatic carbocycles. The molecule has 9 heteroatoms. The Labute approximate surface area is 208 Å². The lowest BCUT2D eigenvalue weighted by molar-refractivity contribution is 0.0719. The van der Waals surface area contributed by atoms with Gasteiger partial charge in [-0.1, -0.05) is 49.2 Å². The van der Waals surface area contributed by atoms with Crippen molar-refractivity contribution in [3.8, 4) is 11.3 Å². The summed E-state index contributed by atoms with van der Waals surface area (Å²) in [6.07, 6.45) is 2.19. The number of aliphatic hydroxyl groups is 1. The number of benzene rings is 2. The van der Waals surface area contributed by atoms with E-state index < -0.39 is 29.5 Å². The van der Waals surface area contributed by atoms with E-state index in [2.05, 4.69) is 5.32 Å². The van der Waals surface area contributed by atoms with Crippen LogP contribution in [0.3, 0.4) is 0 Å². The number of halogens is 2. The van der Waals surface area contributed by atoms with Crippen molar-refractivity contribution in [2.75, 3.05) is 26.2 Å². The lowest BCUT2D eigenvalue weighted by Crippen LogP contribution is -2.47. The molecular formula is C27H30F2N4O3. The Hall–Kier alpha value is -3.30. The minimum Gasteiger partial charge on any atom is -0.391 e. The van der Waals surface area contributed by atoms with Crippen molar-refractivity contribution in [2.24, 2.45) is 0 Å². The average Bonchev–Trinajstić information content (AvgIpc) is 3.18. The van der Waals surface area contributed by atoms with Crippen molar-refractivity contribution in [3.05, 3.63) is 81.9 Å². The number of aromatic nitrogens is 2. The molecule has 2 aliphatic rings. The largest absolute Gasteiger partial charge is 0.391 e. The molecule has 1 unspecified atom stereocenters. The van der Waals surface area contributed by atoms with E-state index in [1.807, 2.05) is 30.3 Å². The third kappa shape index (κ3) is 4.60. The molecule has 2 fully saturated rings. The number of amides is 1. The number of carbonyl (C=O) groups is 1. The summed E-state index contributed by atoms with van der Waals surface area (Å²) >= 11 is 0. The molecule has 2 heterocycles. The molecule has 1 saturated carbocycles. The van der Waals surface area contributed by atoms with E-state index in [4.69, 9.17) is 0 Å². The van der Waals surface area contributed by atoms with Crippen molar-refractivity contribution in [1.82, 2.24) is 19.4 Å². The summed E-state index contributed by atoms with van der Waals surface area (Å²) in [4.78, 5) is 29.7. The van der Waals surface area contributed by atoms with Crippen LogP contribution in [0.5, 0.6) is 0 Å². The van der Waals surface area contributed by atoms with Crippen LogP contribution in [0, 0.1) is 11.6 Å². The van der Waals surface area contributed by atoms with Crippen LogP contribution in [-0.2, 0) is 6.54 Å². The second-order valence-corrected chi connectivity index (χ2v) is 9.51. The van der Waals surface area contributed by atoms with E-state index in [1.165, 1.54) is 10.6 Å². The first kappa shape index (κ1) is 24.4. The fraction of sp³-hybridized carbons (Fsp3) is 0.407. The number of nitrogens with one attached hydrogen (secondary N) is 1. The maximum atomic E-state index is 14.0. The fourth-order valence-corrected chi connectivity index (χ4v) is 5.34. The van der Waals surface area contributed by atoms with Crippen LogP contribution in [0.15, 0.2) is 53.3 Å². The predicted octanol–water partition coefficient (Wildman–Crippen LogP) is 3.16. The number of imidazole rings is 1. The third-order valence-electron chi connectivity index (χ3n) is 7.18. The molecule has 36 heavy (non-hydrogen) atoms. The molecule has 5 rings (SSSR count). The van der Waals surface area contributed by atoms with E-state index >= 15 is 0 Å². The molecular weight excluding hydrogens is 466 g/mol. The summed E-state index contributed by atoms with van der Waals surface area (Å²) < 4.78 is 30.6. The van der Waals surface area contributed by atoms with Crippen LogP contribution in [-0.4, -0.2) is 57.3 Å². The number of hydrogen-bond donors (Lipinski definition) is 2. The highest BCUT2D eigenvalue weighted by molar-refractivity contribution is 5.99. The van der Waals surface area contributed by atoms with Crippen molar-refractivity contribution < 1.29 is 18.7 Å². The molecule has 1 amide bonds. The molecule has 1 aliphatic heterocycles. The van der Waals surface area contributed by atoms with Crippen molar-refractivity contribution in [2.45, 2.75) is 44.4 Å². The summed E-state index contributed by atoms with van der Waals surface area (Å²) in [7, 11) is 0. The van der Waals surface area contributed by atoms with Gasteiger partial charge in [-0.25, -0.2) is 13.6 Å². The quantitative estimate of drug-likeness (QED) is 0.569. The summed E-state index contributed by atoms with van der Waals surface area (Å²) in [5, 5.41) is 14.1. The fourth-order valence-electron chi connectivity index (χ4n) is 5.34. The standard InChI is InChI=1S/C27H30F2N4O3/c28-20-11-10-18(16-21(20)29)17-32-25(26(35)31-14-12-30-13-15-31)24(19-6-2-1-3-7-19)33(27(32)36)22-8-4-5-9-23(22)34/h1-3,6-7,10-11,16,22-23,30,34H,4-5,8-9,12-15,17H2/t22?,23-/m1/s1. The Morgan fingerprint density at radius 2 is 1.72 bits per heavy atom. The average molecular weight is 497 g/mol. The first-order valence-electron chi connectivity index (χ1n) is 12.5. The topological polar surface area (TPSA) is 79.5 Å². The third-order valence-corrected chi connectivity index (χ3v) is 7.18. The van der Waals surface area contributed by atoms with Crippen LogP contribution < -0.4 is 11.0 Å². The molecule has 2 N–H and O–H groups in total. The molecule has 0 spiro atoms. The van der Waals surface area contributed by atoms with Crippen LogP contribution >= 0.6 is 0 Å². The zero-order valence-electron chi connectivity index (χ0n) is 20.0. The first-order chi connectivity index (χ1) is 17.5. The molecule has 2 atom stereocenters. The Bertz CT molecular complexity index is 1300. The number of piperazine rings is 1. The van der Waals surface area contributed by atoms with Gasteiger partial charge in [-0.15, -0.1) is 0 Å². The van der Waals surface area contributed by atoms with E-state index in [-0.39, 0.29) is 18.1 Å². The first-order valence-corrected chi connectivity index (χ1v) is 12.5. The number of rotatable bonds is 5. The smallest absolute Gasteiger partial charge is 0.329 e. The van der Waals surface area contributed by atoms with E-state index in [0.29, 0.717) is 55.8 Å². The van der Waals surface area contributed by atoms with Gasteiger partial charge in [0, 0.05) is 31.7 Å².